The third-order valence-corrected chi connectivity index (χ3v) is 7.63. The van der Waals surface area contributed by atoms with Crippen LogP contribution in [-0.4, -0.2) is 64.1 Å². The zero-order valence-corrected chi connectivity index (χ0v) is 21.2. The van der Waals surface area contributed by atoms with Gasteiger partial charge < -0.3 is 14.5 Å². The second-order valence-corrected chi connectivity index (χ2v) is 9.90. The number of anilines is 1. The van der Waals surface area contributed by atoms with E-state index in [1.165, 1.54) is 11.8 Å². The summed E-state index contributed by atoms with van der Waals surface area (Å²) in [7, 11) is 0. The molecule has 5 rings (SSSR count). The van der Waals surface area contributed by atoms with E-state index in [1.807, 2.05) is 82.4 Å². The minimum atomic E-state index is 0.119. The van der Waals surface area contributed by atoms with E-state index in [4.69, 9.17) is 4.74 Å². The average molecular weight is 506 g/mol. The standard InChI is InChI=1S/C26H27N5O2S2/c1-2-33-22-12-7-6-11-21(22)29-14-16-30(17-15-29)24(32)19-35-26-28-27-25(23-13-8-18-34-23)31(26)20-9-4-3-5-10-20/h3-13,18H,2,14-17,19H2,1H3. The second-order valence-electron chi connectivity index (χ2n) is 8.01. The number of piperazine rings is 1. The molecule has 180 valence electrons. The molecule has 1 aliphatic rings. The van der Waals surface area contributed by atoms with Crippen molar-refractivity contribution in [2.75, 3.05) is 43.4 Å². The van der Waals surface area contributed by atoms with Crippen LogP contribution in [0.15, 0.2) is 77.3 Å². The molecule has 35 heavy (non-hydrogen) atoms. The van der Waals surface area contributed by atoms with Gasteiger partial charge in [-0.25, -0.2) is 0 Å². The molecule has 1 fully saturated rings. The summed E-state index contributed by atoms with van der Waals surface area (Å²) >= 11 is 3.06. The first-order valence-corrected chi connectivity index (χ1v) is 13.5. The summed E-state index contributed by atoms with van der Waals surface area (Å²) in [5.74, 6) is 2.13. The van der Waals surface area contributed by atoms with Crippen molar-refractivity contribution in [3.05, 3.63) is 72.1 Å². The average Bonchev–Trinajstić information content (AvgIpc) is 3.59. The molecule has 2 aromatic carbocycles. The Hall–Kier alpha value is -3.30. The van der Waals surface area contributed by atoms with Crippen LogP contribution < -0.4 is 9.64 Å². The molecular weight excluding hydrogens is 478 g/mol. The summed E-state index contributed by atoms with van der Waals surface area (Å²) in [4.78, 5) is 18.4. The lowest BCUT2D eigenvalue weighted by molar-refractivity contribution is -0.128. The first-order chi connectivity index (χ1) is 17.2. The number of amides is 1. The van der Waals surface area contributed by atoms with Gasteiger partial charge in [0, 0.05) is 31.9 Å². The number of hydrogen-bond donors (Lipinski definition) is 0. The van der Waals surface area contributed by atoms with Crippen LogP contribution >= 0.6 is 23.1 Å². The quantitative estimate of drug-likeness (QED) is 0.320. The molecule has 0 N–H and O–H groups in total. The second kappa shape index (κ2) is 11.0. The summed E-state index contributed by atoms with van der Waals surface area (Å²) < 4.78 is 7.82. The van der Waals surface area contributed by atoms with Crippen LogP contribution in [-0.2, 0) is 4.79 Å². The van der Waals surface area contributed by atoms with E-state index in [1.54, 1.807) is 11.3 Å². The van der Waals surface area contributed by atoms with E-state index < -0.39 is 0 Å². The molecule has 1 saturated heterocycles. The van der Waals surface area contributed by atoms with Crippen molar-refractivity contribution in [2.24, 2.45) is 0 Å². The van der Waals surface area contributed by atoms with Crippen molar-refractivity contribution in [3.63, 3.8) is 0 Å². The molecule has 0 unspecified atom stereocenters. The zero-order chi connectivity index (χ0) is 24.0. The largest absolute Gasteiger partial charge is 0.492 e. The van der Waals surface area contributed by atoms with Crippen molar-refractivity contribution in [1.82, 2.24) is 19.7 Å². The van der Waals surface area contributed by atoms with Gasteiger partial charge in [0.2, 0.25) is 5.91 Å². The molecule has 0 bridgehead atoms. The van der Waals surface area contributed by atoms with Crippen molar-refractivity contribution in [3.8, 4) is 22.1 Å². The van der Waals surface area contributed by atoms with Gasteiger partial charge in [-0.3, -0.25) is 9.36 Å². The van der Waals surface area contributed by atoms with Crippen LogP contribution in [0.4, 0.5) is 5.69 Å². The molecule has 3 heterocycles. The van der Waals surface area contributed by atoms with Crippen LogP contribution in [0, 0.1) is 0 Å². The van der Waals surface area contributed by atoms with Gasteiger partial charge in [-0.1, -0.05) is 48.2 Å². The molecule has 0 aliphatic carbocycles. The van der Waals surface area contributed by atoms with Gasteiger partial charge in [-0.15, -0.1) is 21.5 Å². The highest BCUT2D eigenvalue weighted by molar-refractivity contribution is 7.99. The molecule has 2 aromatic heterocycles. The van der Waals surface area contributed by atoms with E-state index in [0.29, 0.717) is 25.4 Å². The number of aromatic nitrogens is 3. The van der Waals surface area contributed by atoms with Crippen LogP contribution in [0.3, 0.4) is 0 Å². The Labute approximate surface area is 213 Å². The van der Waals surface area contributed by atoms with Gasteiger partial charge in [0.05, 0.1) is 22.9 Å². The Morgan fingerprint density at radius 3 is 2.49 bits per heavy atom. The molecular formula is C26H27N5O2S2. The van der Waals surface area contributed by atoms with E-state index >= 15 is 0 Å². The molecule has 7 nitrogen and oxygen atoms in total. The third kappa shape index (κ3) is 5.21. The van der Waals surface area contributed by atoms with Gasteiger partial charge in [-0.05, 0) is 42.6 Å². The first-order valence-electron chi connectivity index (χ1n) is 11.7. The molecule has 0 spiro atoms. The smallest absolute Gasteiger partial charge is 0.233 e. The van der Waals surface area contributed by atoms with Gasteiger partial charge >= 0.3 is 0 Å². The highest BCUT2D eigenvalue weighted by atomic mass is 32.2. The molecule has 0 saturated carbocycles. The fourth-order valence-electron chi connectivity index (χ4n) is 4.15. The van der Waals surface area contributed by atoms with E-state index in [9.17, 15) is 4.79 Å². The Balaban J connectivity index is 1.25. The lowest BCUT2D eigenvalue weighted by atomic mass is 10.2. The molecule has 0 atom stereocenters. The third-order valence-electron chi connectivity index (χ3n) is 5.85. The van der Waals surface area contributed by atoms with Crippen molar-refractivity contribution in [2.45, 2.75) is 12.1 Å². The van der Waals surface area contributed by atoms with Crippen molar-refractivity contribution < 1.29 is 9.53 Å². The number of thioether (sulfide) groups is 1. The van der Waals surface area contributed by atoms with Gasteiger partial charge in [0.25, 0.3) is 0 Å². The molecule has 4 aromatic rings. The minimum Gasteiger partial charge on any atom is -0.492 e. The fraction of sp³-hybridized carbons (Fsp3) is 0.269. The maximum absolute atomic E-state index is 13.1. The lowest BCUT2D eigenvalue weighted by Gasteiger charge is -2.36. The number of ether oxygens (including phenoxy) is 1. The Kier molecular flexibility index (Phi) is 7.34. The predicted octanol–water partition coefficient (Wildman–Crippen LogP) is 4.84. The number of benzene rings is 2. The number of carbonyl (C=O) groups is 1. The lowest BCUT2D eigenvalue weighted by Crippen LogP contribution is -2.49. The fourth-order valence-corrected chi connectivity index (χ4v) is 5.70. The predicted molar refractivity (Wildman–Crippen MR) is 142 cm³/mol. The Morgan fingerprint density at radius 1 is 0.971 bits per heavy atom. The normalized spacial score (nSPS) is 13.7. The van der Waals surface area contributed by atoms with E-state index in [0.717, 1.165) is 46.1 Å². The summed E-state index contributed by atoms with van der Waals surface area (Å²) in [6.45, 7) is 5.56. The van der Waals surface area contributed by atoms with E-state index in [2.05, 4.69) is 21.2 Å². The summed E-state index contributed by atoms with van der Waals surface area (Å²) in [6.07, 6.45) is 0. The van der Waals surface area contributed by atoms with Crippen LogP contribution in [0.5, 0.6) is 5.75 Å². The molecule has 1 amide bonds. The van der Waals surface area contributed by atoms with Crippen LogP contribution in [0.25, 0.3) is 16.4 Å². The number of para-hydroxylation sites is 3. The summed E-state index contributed by atoms with van der Waals surface area (Å²) in [6, 6.07) is 22.2. The number of rotatable bonds is 8. The van der Waals surface area contributed by atoms with Crippen molar-refractivity contribution >= 4 is 34.7 Å². The molecule has 1 aliphatic heterocycles. The van der Waals surface area contributed by atoms with Crippen molar-refractivity contribution in [1.29, 1.82) is 0 Å². The Morgan fingerprint density at radius 2 is 1.74 bits per heavy atom. The summed E-state index contributed by atoms with van der Waals surface area (Å²) in [5, 5.41) is 11.6. The zero-order valence-electron chi connectivity index (χ0n) is 19.5. The highest BCUT2D eigenvalue weighted by Crippen LogP contribution is 2.31. The topological polar surface area (TPSA) is 63.5 Å². The Bertz CT molecular complexity index is 1250. The number of carbonyl (C=O) groups excluding carboxylic acids is 1. The highest BCUT2D eigenvalue weighted by Gasteiger charge is 2.24. The molecule has 0 radical (unpaired) electrons. The maximum Gasteiger partial charge on any atom is 0.233 e. The number of nitrogens with zero attached hydrogens (tertiary/aromatic N) is 5. The maximum atomic E-state index is 13.1. The van der Waals surface area contributed by atoms with Gasteiger partial charge in [0.1, 0.15) is 5.75 Å². The summed E-state index contributed by atoms with van der Waals surface area (Å²) in [5.41, 5.74) is 2.07. The SMILES string of the molecule is CCOc1ccccc1N1CCN(C(=O)CSc2nnc(-c3cccs3)n2-c2ccccc2)CC1. The first kappa shape index (κ1) is 23.4. The number of thiophene rings is 1. The molecule has 9 heteroatoms. The number of hydrogen-bond acceptors (Lipinski definition) is 7. The monoisotopic (exact) mass is 505 g/mol. The van der Waals surface area contributed by atoms with E-state index in [-0.39, 0.29) is 5.91 Å². The van der Waals surface area contributed by atoms with Gasteiger partial charge in [-0.2, -0.15) is 0 Å². The van der Waals surface area contributed by atoms with Crippen LogP contribution in [0.1, 0.15) is 6.92 Å². The van der Waals surface area contributed by atoms with Crippen LogP contribution in [0.2, 0.25) is 0 Å². The van der Waals surface area contributed by atoms with Gasteiger partial charge in [0.15, 0.2) is 11.0 Å². The minimum absolute atomic E-state index is 0.119.